The molecule has 6 heteroatoms. The molecule has 176 valence electrons. The topological polar surface area (TPSA) is 50.4 Å². The van der Waals surface area contributed by atoms with Gasteiger partial charge in [-0.3, -0.25) is 4.90 Å². The number of rotatable bonds is 3. The summed E-state index contributed by atoms with van der Waals surface area (Å²) in [6, 6.07) is 14.9. The van der Waals surface area contributed by atoms with Crippen molar-refractivity contribution < 1.29 is 9.47 Å². The van der Waals surface area contributed by atoms with Gasteiger partial charge in [-0.1, -0.05) is 23.7 Å². The maximum absolute atomic E-state index is 6.21. The van der Waals surface area contributed by atoms with E-state index in [1.807, 2.05) is 12.1 Å². The summed E-state index contributed by atoms with van der Waals surface area (Å²) in [5.41, 5.74) is 5.49. The maximum atomic E-state index is 6.21. The predicted octanol–water partition coefficient (Wildman–Crippen LogP) is 6.88. The number of nitrogens with one attached hydrogen (secondary N) is 1. The monoisotopic (exact) mass is 475 g/mol. The smallest absolute Gasteiger partial charge is 0.128 e. The Balaban J connectivity index is 1.45. The molecular formula is C28H30ClN3O2. The zero-order valence-electron chi connectivity index (χ0n) is 20.1. The number of hydrogen-bond acceptors (Lipinski definition) is 4. The van der Waals surface area contributed by atoms with Crippen LogP contribution in [0.3, 0.4) is 0 Å². The lowest BCUT2D eigenvalue weighted by atomic mass is 9.94. The molecule has 34 heavy (non-hydrogen) atoms. The molecule has 1 fully saturated rings. The van der Waals surface area contributed by atoms with Crippen molar-refractivity contribution in [3.8, 4) is 16.9 Å². The van der Waals surface area contributed by atoms with E-state index in [0.717, 1.165) is 69.1 Å². The number of nitrogens with zero attached hydrogens (tertiary/aromatic N) is 2. The molecule has 2 aliphatic rings. The van der Waals surface area contributed by atoms with Crippen molar-refractivity contribution in [2.45, 2.75) is 58.4 Å². The van der Waals surface area contributed by atoms with Crippen molar-refractivity contribution in [1.82, 2.24) is 14.9 Å². The highest BCUT2D eigenvalue weighted by Crippen LogP contribution is 2.43. The highest BCUT2D eigenvalue weighted by atomic mass is 35.5. The normalized spacial score (nSPS) is 20.5. The minimum absolute atomic E-state index is 0.0285. The summed E-state index contributed by atoms with van der Waals surface area (Å²) in [6.45, 7) is 11.0. The standard InChI is InChI=1S/C28H30ClN3O2/c1-5-33-19-12-24(32(14-19)28(2,3)4)27-30-23-9-6-16-11-22-20-8-7-18(29)10-17(20)15-34-25(22)13-21(16)26(23)31-27/h6-11,13,19,24H,5,12,14-15H2,1-4H3,(H,30,31)/t19-,24-/m0/s1. The van der Waals surface area contributed by atoms with E-state index >= 15 is 0 Å². The van der Waals surface area contributed by atoms with Crippen LogP contribution in [0.5, 0.6) is 5.75 Å². The van der Waals surface area contributed by atoms with Gasteiger partial charge in [0, 0.05) is 34.7 Å². The van der Waals surface area contributed by atoms with E-state index in [9.17, 15) is 0 Å². The van der Waals surface area contributed by atoms with E-state index in [1.165, 1.54) is 5.56 Å². The van der Waals surface area contributed by atoms with E-state index < -0.39 is 0 Å². The van der Waals surface area contributed by atoms with Crippen molar-refractivity contribution in [3.63, 3.8) is 0 Å². The van der Waals surface area contributed by atoms with Gasteiger partial charge in [0.15, 0.2) is 0 Å². The van der Waals surface area contributed by atoms with Gasteiger partial charge in [-0.05, 0) is 81.0 Å². The lowest BCUT2D eigenvalue weighted by Crippen LogP contribution is -2.42. The Kier molecular flexibility index (Phi) is 5.14. The van der Waals surface area contributed by atoms with Crippen LogP contribution < -0.4 is 4.74 Å². The first kappa shape index (κ1) is 21.9. The van der Waals surface area contributed by atoms with E-state index in [0.29, 0.717) is 6.61 Å². The number of hydrogen-bond donors (Lipinski definition) is 1. The molecule has 2 aliphatic heterocycles. The second-order valence-electron chi connectivity index (χ2n) is 10.4. The number of aromatic amines is 1. The summed E-state index contributed by atoms with van der Waals surface area (Å²) < 4.78 is 12.2. The third-order valence-corrected chi connectivity index (χ3v) is 7.40. The Morgan fingerprint density at radius 3 is 2.79 bits per heavy atom. The molecule has 3 aromatic carbocycles. The van der Waals surface area contributed by atoms with Gasteiger partial charge in [-0.25, -0.2) is 4.98 Å². The quantitative estimate of drug-likeness (QED) is 0.351. The molecule has 0 saturated carbocycles. The second kappa shape index (κ2) is 7.98. The van der Waals surface area contributed by atoms with Gasteiger partial charge in [0.25, 0.3) is 0 Å². The van der Waals surface area contributed by atoms with Crippen molar-refractivity contribution >= 4 is 33.4 Å². The maximum Gasteiger partial charge on any atom is 0.128 e. The summed E-state index contributed by atoms with van der Waals surface area (Å²) in [7, 11) is 0. The number of halogens is 1. The molecule has 2 atom stereocenters. The number of aromatic nitrogens is 2. The number of fused-ring (bicyclic) bond motifs is 6. The zero-order chi connectivity index (χ0) is 23.6. The Bertz CT molecular complexity index is 1400. The lowest BCUT2D eigenvalue weighted by molar-refractivity contribution is 0.0548. The summed E-state index contributed by atoms with van der Waals surface area (Å²) in [6.07, 6.45) is 1.17. The fraction of sp³-hybridized carbons (Fsp3) is 0.393. The van der Waals surface area contributed by atoms with Crippen LogP contribution in [-0.2, 0) is 11.3 Å². The first-order valence-corrected chi connectivity index (χ1v) is 12.5. The van der Waals surface area contributed by atoms with Crippen molar-refractivity contribution in [2.24, 2.45) is 0 Å². The molecule has 4 aromatic rings. The van der Waals surface area contributed by atoms with Crippen LogP contribution in [0.25, 0.3) is 32.9 Å². The molecule has 5 nitrogen and oxygen atoms in total. The molecular weight excluding hydrogens is 446 g/mol. The van der Waals surface area contributed by atoms with Crippen molar-refractivity contribution in [3.05, 3.63) is 58.9 Å². The van der Waals surface area contributed by atoms with Crippen molar-refractivity contribution in [1.29, 1.82) is 0 Å². The molecule has 6 rings (SSSR count). The molecule has 0 bridgehead atoms. The number of likely N-dealkylation sites (tertiary alicyclic amines) is 1. The summed E-state index contributed by atoms with van der Waals surface area (Å²) in [5.74, 6) is 1.91. The zero-order valence-corrected chi connectivity index (χ0v) is 20.9. The molecule has 0 spiro atoms. The van der Waals surface area contributed by atoms with E-state index in [1.54, 1.807) is 0 Å². The first-order chi connectivity index (χ1) is 16.3. The number of H-pyrrole nitrogens is 1. The summed E-state index contributed by atoms with van der Waals surface area (Å²) >= 11 is 6.21. The average Bonchev–Trinajstić information content (AvgIpc) is 3.42. The molecule has 0 aliphatic carbocycles. The highest BCUT2D eigenvalue weighted by molar-refractivity contribution is 6.30. The fourth-order valence-electron chi connectivity index (χ4n) is 5.59. The SMILES string of the molecule is CCO[C@H]1C[C@@H](c2nc3c(ccc4cc5c(cc43)OCc3cc(Cl)ccc3-5)[nH]2)N(C(C)(C)C)C1. The van der Waals surface area contributed by atoms with E-state index in [-0.39, 0.29) is 17.7 Å². The van der Waals surface area contributed by atoms with Gasteiger partial charge < -0.3 is 14.5 Å². The minimum Gasteiger partial charge on any atom is -0.488 e. The van der Waals surface area contributed by atoms with Crippen LogP contribution in [0.2, 0.25) is 5.02 Å². The van der Waals surface area contributed by atoms with Gasteiger partial charge in [0.1, 0.15) is 18.2 Å². The fourth-order valence-corrected chi connectivity index (χ4v) is 5.78. The van der Waals surface area contributed by atoms with Gasteiger partial charge >= 0.3 is 0 Å². The molecule has 0 amide bonds. The van der Waals surface area contributed by atoms with Crippen LogP contribution in [0, 0.1) is 0 Å². The van der Waals surface area contributed by atoms with E-state index in [2.05, 4.69) is 67.9 Å². The molecule has 1 saturated heterocycles. The molecule has 1 N–H and O–H groups in total. The van der Waals surface area contributed by atoms with Crippen LogP contribution in [-0.4, -0.2) is 39.7 Å². The lowest BCUT2D eigenvalue weighted by Gasteiger charge is -2.36. The molecule has 1 aromatic heterocycles. The van der Waals surface area contributed by atoms with Crippen molar-refractivity contribution in [2.75, 3.05) is 13.2 Å². The first-order valence-electron chi connectivity index (χ1n) is 12.1. The molecule has 0 radical (unpaired) electrons. The van der Waals surface area contributed by atoms with Crippen LogP contribution in [0.4, 0.5) is 0 Å². The molecule has 3 heterocycles. The van der Waals surface area contributed by atoms with Gasteiger partial charge in [0.2, 0.25) is 0 Å². The Hall–Kier alpha value is -2.60. The number of imidazole rings is 1. The van der Waals surface area contributed by atoms with Crippen LogP contribution >= 0.6 is 11.6 Å². The Morgan fingerprint density at radius 2 is 2.00 bits per heavy atom. The summed E-state index contributed by atoms with van der Waals surface area (Å²) in [4.78, 5) is 11.3. The van der Waals surface area contributed by atoms with Crippen LogP contribution in [0.1, 0.15) is 51.5 Å². The third kappa shape index (κ3) is 3.58. The van der Waals surface area contributed by atoms with E-state index in [4.69, 9.17) is 26.1 Å². The second-order valence-corrected chi connectivity index (χ2v) is 10.8. The minimum atomic E-state index is 0.0285. The van der Waals surface area contributed by atoms with Crippen LogP contribution in [0.15, 0.2) is 42.5 Å². The van der Waals surface area contributed by atoms with Gasteiger partial charge in [-0.15, -0.1) is 0 Å². The Labute approximate surface area is 205 Å². The largest absolute Gasteiger partial charge is 0.488 e. The highest BCUT2D eigenvalue weighted by Gasteiger charge is 2.41. The number of ether oxygens (including phenoxy) is 2. The number of benzene rings is 3. The Morgan fingerprint density at radius 1 is 1.15 bits per heavy atom. The molecule has 0 unspecified atom stereocenters. The summed E-state index contributed by atoms with van der Waals surface area (Å²) in [5, 5.41) is 3.00. The predicted molar refractivity (Wildman–Crippen MR) is 138 cm³/mol. The third-order valence-electron chi connectivity index (χ3n) is 7.17. The van der Waals surface area contributed by atoms with Gasteiger partial charge in [-0.2, -0.15) is 0 Å². The van der Waals surface area contributed by atoms with Gasteiger partial charge in [0.05, 0.1) is 23.2 Å². The average molecular weight is 476 g/mol.